The van der Waals surface area contributed by atoms with Gasteiger partial charge in [-0.15, -0.1) is 11.8 Å². The van der Waals surface area contributed by atoms with Gasteiger partial charge in [0.2, 0.25) is 0 Å². The molecule has 2 rings (SSSR count). The fourth-order valence-electron chi connectivity index (χ4n) is 2.28. The largest absolute Gasteiger partial charge is 0.392 e. The Morgan fingerprint density at radius 3 is 2.89 bits per heavy atom. The van der Waals surface area contributed by atoms with Crippen LogP contribution >= 0.6 is 24.0 Å². The number of nitrogens with two attached hydrogens (primary N) is 1. The highest BCUT2D eigenvalue weighted by atomic mass is 32.2. The Labute approximate surface area is 117 Å². The summed E-state index contributed by atoms with van der Waals surface area (Å²) in [5.74, 6) is 0.0373. The molecule has 1 aromatic rings. The number of hydrogen-bond donors (Lipinski definition) is 1. The van der Waals surface area contributed by atoms with E-state index in [2.05, 4.69) is 0 Å². The first-order valence-electron chi connectivity index (χ1n) is 5.88. The number of benzene rings is 1. The summed E-state index contributed by atoms with van der Waals surface area (Å²) >= 11 is 6.62. The van der Waals surface area contributed by atoms with E-state index in [0.29, 0.717) is 4.99 Å². The van der Waals surface area contributed by atoms with Crippen molar-refractivity contribution in [2.45, 2.75) is 23.8 Å². The molecule has 3 nitrogen and oxygen atoms in total. The normalized spacial score (nSPS) is 18.9. The van der Waals surface area contributed by atoms with Gasteiger partial charge in [-0.1, -0.05) is 24.4 Å². The van der Waals surface area contributed by atoms with Crippen molar-refractivity contribution in [3.05, 3.63) is 29.8 Å². The van der Waals surface area contributed by atoms with Crippen LogP contribution in [0.3, 0.4) is 0 Å². The van der Waals surface area contributed by atoms with Gasteiger partial charge in [0.05, 0.1) is 16.6 Å². The predicted molar refractivity (Wildman–Crippen MR) is 79.1 cm³/mol. The molecule has 2 N–H and O–H groups in total. The fraction of sp³-hybridized carbons (Fsp3) is 0.385. The molecule has 0 spiro atoms. The van der Waals surface area contributed by atoms with Crippen LogP contribution in [-0.4, -0.2) is 34.6 Å². The minimum atomic E-state index is -0.0811. The Morgan fingerprint density at radius 2 is 2.22 bits per heavy atom. The zero-order valence-corrected chi connectivity index (χ0v) is 11.9. The zero-order valence-electron chi connectivity index (χ0n) is 10.3. The maximum atomic E-state index is 12.5. The van der Waals surface area contributed by atoms with Crippen molar-refractivity contribution < 1.29 is 4.79 Å². The molecule has 0 aromatic heterocycles. The van der Waals surface area contributed by atoms with Gasteiger partial charge in [0.1, 0.15) is 0 Å². The summed E-state index contributed by atoms with van der Waals surface area (Å²) in [6, 6.07) is 7.57. The minimum absolute atomic E-state index is 0.0373. The summed E-state index contributed by atoms with van der Waals surface area (Å²) in [6.07, 6.45) is 3.82. The van der Waals surface area contributed by atoms with E-state index in [1.165, 1.54) is 0 Å². The zero-order chi connectivity index (χ0) is 13.1. The van der Waals surface area contributed by atoms with Crippen LogP contribution in [0.2, 0.25) is 0 Å². The van der Waals surface area contributed by atoms with E-state index in [1.807, 2.05) is 30.5 Å². The van der Waals surface area contributed by atoms with Crippen LogP contribution in [-0.2, 0) is 0 Å². The third-order valence-corrected chi connectivity index (χ3v) is 4.25. The molecule has 0 saturated carbocycles. The fourth-order valence-corrected chi connectivity index (χ4v) is 3.12. The van der Waals surface area contributed by atoms with Crippen molar-refractivity contribution >= 4 is 34.9 Å². The van der Waals surface area contributed by atoms with Crippen molar-refractivity contribution in [1.82, 2.24) is 4.90 Å². The lowest BCUT2D eigenvalue weighted by atomic mass is 10.1. The summed E-state index contributed by atoms with van der Waals surface area (Å²) in [5, 5.41) is 0. The molecule has 1 aliphatic rings. The van der Waals surface area contributed by atoms with Crippen molar-refractivity contribution in [3.8, 4) is 0 Å². The van der Waals surface area contributed by atoms with Crippen LogP contribution < -0.4 is 5.73 Å². The van der Waals surface area contributed by atoms with Crippen LogP contribution in [0, 0.1) is 0 Å². The number of rotatable bonds is 3. The average Bonchev–Trinajstić information content (AvgIpc) is 2.87. The highest BCUT2D eigenvalue weighted by Gasteiger charge is 2.31. The molecule has 96 valence electrons. The van der Waals surface area contributed by atoms with Gasteiger partial charge in [-0.3, -0.25) is 4.79 Å². The quantitative estimate of drug-likeness (QED) is 0.682. The highest BCUT2D eigenvalue weighted by Crippen LogP contribution is 2.25. The lowest BCUT2D eigenvalue weighted by Gasteiger charge is -2.24. The molecular weight excluding hydrogens is 264 g/mol. The second-order valence-corrected chi connectivity index (χ2v) is 5.58. The summed E-state index contributed by atoms with van der Waals surface area (Å²) in [5.41, 5.74) is 6.45. The van der Waals surface area contributed by atoms with E-state index in [0.717, 1.165) is 29.8 Å². The molecular formula is C13H16N2OS2. The lowest BCUT2D eigenvalue weighted by molar-refractivity contribution is 0.0767. The van der Waals surface area contributed by atoms with Gasteiger partial charge in [0, 0.05) is 11.4 Å². The number of thioether (sulfide) groups is 1. The Morgan fingerprint density at radius 1 is 1.50 bits per heavy atom. The van der Waals surface area contributed by atoms with Crippen LogP contribution in [0.25, 0.3) is 0 Å². The van der Waals surface area contributed by atoms with Gasteiger partial charge < -0.3 is 10.6 Å². The van der Waals surface area contributed by atoms with E-state index in [9.17, 15) is 4.79 Å². The molecule has 0 radical (unpaired) electrons. The van der Waals surface area contributed by atoms with Crippen LogP contribution in [0.5, 0.6) is 0 Å². The number of thiocarbonyl (C=S) groups is 1. The molecule has 0 bridgehead atoms. The summed E-state index contributed by atoms with van der Waals surface area (Å²) in [4.78, 5) is 15.8. The molecule has 1 aromatic carbocycles. The van der Waals surface area contributed by atoms with E-state index in [1.54, 1.807) is 16.7 Å². The van der Waals surface area contributed by atoms with Gasteiger partial charge >= 0.3 is 0 Å². The van der Waals surface area contributed by atoms with E-state index >= 15 is 0 Å². The topological polar surface area (TPSA) is 46.3 Å². The average molecular weight is 280 g/mol. The second kappa shape index (κ2) is 5.71. The van der Waals surface area contributed by atoms with Crippen molar-refractivity contribution in [2.24, 2.45) is 5.73 Å². The number of carbonyl (C=O) groups excluding carboxylic acids is 1. The molecule has 1 atom stereocenters. The standard InChI is InChI=1S/C13H16N2OS2/c1-18-11-7-3-2-5-9(11)13(16)15-8-4-6-10(15)12(14)17/h2-3,5,7,10H,4,6,8H2,1H3,(H2,14,17). The maximum absolute atomic E-state index is 12.5. The summed E-state index contributed by atoms with van der Waals surface area (Å²) in [6.45, 7) is 0.740. The predicted octanol–water partition coefficient (Wildman–Crippen LogP) is 2.30. The SMILES string of the molecule is CSc1ccccc1C(=O)N1CCCC1C(N)=S. The molecule has 1 amide bonds. The first-order chi connectivity index (χ1) is 8.65. The van der Waals surface area contributed by atoms with E-state index in [-0.39, 0.29) is 11.9 Å². The summed E-state index contributed by atoms with van der Waals surface area (Å²) in [7, 11) is 0. The van der Waals surface area contributed by atoms with Gasteiger partial charge in [-0.25, -0.2) is 0 Å². The Kier molecular flexibility index (Phi) is 4.24. The Hall–Kier alpha value is -1.07. The number of likely N-dealkylation sites (tertiary alicyclic amines) is 1. The lowest BCUT2D eigenvalue weighted by Crippen LogP contribution is -2.43. The van der Waals surface area contributed by atoms with Gasteiger partial charge in [-0.2, -0.15) is 0 Å². The third kappa shape index (κ3) is 2.52. The molecule has 1 heterocycles. The van der Waals surface area contributed by atoms with Crippen molar-refractivity contribution in [3.63, 3.8) is 0 Å². The second-order valence-electron chi connectivity index (χ2n) is 4.26. The Bertz CT molecular complexity index is 476. The van der Waals surface area contributed by atoms with E-state index < -0.39 is 0 Å². The number of amides is 1. The molecule has 1 unspecified atom stereocenters. The summed E-state index contributed by atoms with van der Waals surface area (Å²) < 4.78 is 0. The van der Waals surface area contributed by atoms with Gasteiger partial charge in [0.15, 0.2) is 0 Å². The highest BCUT2D eigenvalue weighted by molar-refractivity contribution is 7.98. The van der Waals surface area contributed by atoms with Gasteiger partial charge in [-0.05, 0) is 31.2 Å². The number of hydrogen-bond acceptors (Lipinski definition) is 3. The number of nitrogens with zero attached hydrogens (tertiary/aromatic N) is 1. The molecule has 1 fully saturated rings. The van der Waals surface area contributed by atoms with Crippen LogP contribution in [0.1, 0.15) is 23.2 Å². The number of carbonyl (C=O) groups is 1. The Balaban J connectivity index is 2.28. The van der Waals surface area contributed by atoms with Crippen LogP contribution in [0.15, 0.2) is 29.2 Å². The molecule has 5 heteroatoms. The first kappa shape index (κ1) is 13.4. The molecule has 1 saturated heterocycles. The monoisotopic (exact) mass is 280 g/mol. The van der Waals surface area contributed by atoms with Crippen molar-refractivity contribution in [2.75, 3.05) is 12.8 Å². The van der Waals surface area contributed by atoms with Crippen molar-refractivity contribution in [1.29, 1.82) is 0 Å². The van der Waals surface area contributed by atoms with Gasteiger partial charge in [0.25, 0.3) is 5.91 Å². The molecule has 0 aliphatic carbocycles. The maximum Gasteiger partial charge on any atom is 0.255 e. The molecule has 1 aliphatic heterocycles. The third-order valence-electron chi connectivity index (χ3n) is 3.18. The van der Waals surface area contributed by atoms with Crippen LogP contribution in [0.4, 0.5) is 0 Å². The first-order valence-corrected chi connectivity index (χ1v) is 7.51. The minimum Gasteiger partial charge on any atom is -0.392 e. The van der Waals surface area contributed by atoms with E-state index in [4.69, 9.17) is 18.0 Å². The molecule has 18 heavy (non-hydrogen) atoms. The smallest absolute Gasteiger partial charge is 0.255 e.